The van der Waals surface area contributed by atoms with E-state index in [-0.39, 0.29) is 45.2 Å². The third-order valence-corrected chi connectivity index (χ3v) is 22.8. The number of anilines is 7. The van der Waals surface area contributed by atoms with E-state index < -0.39 is 45.3 Å². The van der Waals surface area contributed by atoms with Gasteiger partial charge in [0.25, 0.3) is 5.56 Å². The van der Waals surface area contributed by atoms with Gasteiger partial charge in [-0.3, -0.25) is 32.7 Å². The van der Waals surface area contributed by atoms with Crippen LogP contribution in [0.1, 0.15) is 29.5 Å². The summed E-state index contributed by atoms with van der Waals surface area (Å²) in [7, 11) is -3.70. The van der Waals surface area contributed by atoms with Gasteiger partial charge in [0.2, 0.25) is 21.8 Å². The van der Waals surface area contributed by atoms with Crippen LogP contribution in [0.25, 0.3) is 39.1 Å². The molecule has 0 saturated heterocycles. The van der Waals surface area contributed by atoms with Gasteiger partial charge in [0.05, 0.1) is 39.9 Å². The number of nitrogens with zero attached hydrogens (tertiary/aromatic N) is 10. The smallest absolute Gasteiger partial charge is 0.573 e. The van der Waals surface area contributed by atoms with Crippen LogP contribution in [0.4, 0.5) is 74.9 Å². The first-order valence-electron chi connectivity index (χ1n) is 43.8. The van der Waals surface area contributed by atoms with Crippen LogP contribution < -0.4 is 64.3 Å². The van der Waals surface area contributed by atoms with Crippen molar-refractivity contribution in [2.24, 2.45) is 5.14 Å². The van der Waals surface area contributed by atoms with E-state index in [1.54, 1.807) is 158 Å². The van der Waals surface area contributed by atoms with Gasteiger partial charge in [-0.05, 0) is 212 Å². The summed E-state index contributed by atoms with van der Waals surface area (Å²) in [6.07, 6.45) is 35.1. The molecule has 9 aromatic carbocycles. The average Bonchev–Trinajstić information content (AvgIpc) is 1.58. The first kappa shape index (κ1) is 106. The number of H-pyrrole nitrogens is 1. The molecule has 1 amide bonds. The molecule has 37 heteroatoms. The van der Waals surface area contributed by atoms with Crippen molar-refractivity contribution in [2.45, 2.75) is 24.5 Å². The van der Waals surface area contributed by atoms with Crippen molar-refractivity contribution < 1.29 is 79.7 Å². The highest BCUT2D eigenvalue weighted by molar-refractivity contribution is 7.89. The maximum atomic E-state index is 14.0. The Morgan fingerprint density at radius 1 is 0.435 bits per heavy atom. The van der Waals surface area contributed by atoms with E-state index in [1.165, 1.54) is 95.4 Å². The van der Waals surface area contributed by atoms with Crippen molar-refractivity contribution in [3.05, 3.63) is 544 Å². The molecule has 0 aliphatic carbocycles. The molecule has 6 N–H and O–H groups in total. The summed E-state index contributed by atoms with van der Waals surface area (Å²) >= 11 is -4.80. The number of ether oxygens (including phenoxy) is 2. The number of nitrogens with one attached hydrogen (secondary N) is 4. The van der Waals surface area contributed by atoms with Crippen LogP contribution in [-0.2, 0) is 37.4 Å². The van der Waals surface area contributed by atoms with E-state index in [2.05, 4.69) is 107 Å². The van der Waals surface area contributed by atoms with Crippen LogP contribution in [0.5, 0.6) is 11.5 Å². The third kappa shape index (κ3) is 30.7. The van der Waals surface area contributed by atoms with Crippen molar-refractivity contribution in [1.82, 2.24) is 34.2 Å². The van der Waals surface area contributed by atoms with Crippen molar-refractivity contribution >= 4 is 101 Å². The summed E-state index contributed by atoms with van der Waals surface area (Å²) in [5.74, 6) is -0.959. The Morgan fingerprint density at radius 3 is 1.25 bits per heavy atom. The number of para-hydroxylation sites is 3. The molecule has 19 rings (SSSR count). The van der Waals surface area contributed by atoms with Gasteiger partial charge in [-0.1, -0.05) is 161 Å². The summed E-state index contributed by atoms with van der Waals surface area (Å²) < 4.78 is 185. The number of sulfonamides is 1. The zero-order valence-corrected chi connectivity index (χ0v) is 80.2. The number of benzene rings is 9. The Bertz CT molecular complexity index is 7490. The zero-order chi connectivity index (χ0) is 105. The largest absolute Gasteiger partial charge is 0.755 e. The molecule has 13 aromatic rings. The number of rotatable bonds is 20. The summed E-state index contributed by atoms with van der Waals surface area (Å²) in [4.78, 5) is 42.7. The first-order valence-corrected chi connectivity index (χ1v) is 47.5. The van der Waals surface area contributed by atoms with Gasteiger partial charge in [-0.15, -0.1) is 26.3 Å². The van der Waals surface area contributed by atoms with E-state index in [0.717, 1.165) is 85.5 Å². The van der Waals surface area contributed by atoms with Gasteiger partial charge in [-0.25, -0.2) is 27.3 Å². The van der Waals surface area contributed by atoms with Crippen LogP contribution in [-0.4, -0.2) is 69.3 Å². The molecule has 4 aromatic heterocycles. The number of carbonyl (C=O) groups excluding carboxylic acids is 1. The normalized spacial score (nSPS) is 14.4. The number of alkyl halides is 6. The number of allylic oxidation sites excluding steroid dienone is 16. The summed E-state index contributed by atoms with van der Waals surface area (Å²) in [5, 5.41) is 14.6. The van der Waals surface area contributed by atoms with Crippen LogP contribution in [0.2, 0.25) is 0 Å². The van der Waals surface area contributed by atoms with Crippen LogP contribution in [0.3, 0.4) is 0 Å². The molecule has 746 valence electrons. The van der Waals surface area contributed by atoms with E-state index in [0.29, 0.717) is 68.0 Å². The van der Waals surface area contributed by atoms with Crippen molar-refractivity contribution in [3.8, 4) is 28.3 Å². The Balaban J connectivity index is 0.000000144. The third-order valence-electron chi connectivity index (χ3n) is 21.1. The summed E-state index contributed by atoms with van der Waals surface area (Å²) in [6.45, 7) is 25.1. The lowest BCUT2D eigenvalue weighted by atomic mass is 10.0. The molecule has 6 aliphatic rings. The predicted octanol–water partition coefficient (Wildman–Crippen LogP) is 23.4. The number of pyridine rings is 2. The minimum atomic E-state index is -4.76. The molecule has 10 heterocycles. The number of halogens is 8. The SMILES string of the molecule is C=C1C=CC(NS(=O)[O-])=CN1c1ccc(OC(F)(F)F)cc1.C=C1C=CC(NS(=O)[O-])=CN1c1ccccc1.C=C1C=CC(c2ccccc2F)=CN1c1ccc(OC(F)(F)F)cc1.C=C1C=CC(c2cccnc2)=CN1c1ccc(S(N)(=O)=O)cc1.C=C1C=CC(c2cn[nH]c2)=CN1c1ccccc1.C=C1C=CC(c2ncco2)=CN1c1ccccc1.CC(=O)Nc1cccc(-n2cc(-c3ccccc3F)ccc2=O)c1. The van der Waals surface area contributed by atoms with Crippen molar-refractivity contribution in [3.63, 3.8) is 0 Å². The van der Waals surface area contributed by atoms with E-state index in [9.17, 15) is 70.7 Å². The van der Waals surface area contributed by atoms with E-state index in [4.69, 9.17) is 9.56 Å². The Hall–Kier alpha value is -18.1. The van der Waals surface area contributed by atoms with Crippen LogP contribution in [0.15, 0.2) is 514 Å². The molecule has 2 atom stereocenters. The van der Waals surface area contributed by atoms with Gasteiger partial charge < -0.3 is 67.2 Å². The van der Waals surface area contributed by atoms with Crippen LogP contribution >= 0.6 is 0 Å². The summed E-state index contributed by atoms with van der Waals surface area (Å²) in [5.41, 5.74) is 18.4. The number of amides is 1. The Labute approximate surface area is 846 Å². The fraction of sp³-hybridized carbons (Fsp3) is 0.0273. The predicted molar refractivity (Wildman–Crippen MR) is 558 cm³/mol. The zero-order valence-electron chi connectivity index (χ0n) is 77.8. The molecule has 6 aliphatic heterocycles. The molecular formula is C110H89F8N15O11S3-2. The lowest BCUT2D eigenvalue weighted by Gasteiger charge is -2.26. The number of aromatic amines is 1. The lowest BCUT2D eigenvalue weighted by molar-refractivity contribution is -0.275. The first-order chi connectivity index (χ1) is 70.4. The number of primary sulfonamides is 1. The van der Waals surface area contributed by atoms with Crippen LogP contribution in [0, 0.1) is 11.6 Å². The fourth-order valence-corrected chi connectivity index (χ4v) is 15.4. The number of aromatic nitrogens is 5. The Kier molecular flexibility index (Phi) is 35.8. The lowest BCUT2D eigenvalue weighted by Crippen LogP contribution is -2.23. The highest BCUT2D eigenvalue weighted by Crippen LogP contribution is 2.38. The quantitative estimate of drug-likeness (QED) is 0.0350. The number of nitrogens with two attached hydrogens (primary N) is 1. The molecule has 26 nitrogen and oxygen atoms in total. The number of oxazole rings is 1. The second-order valence-corrected chi connectivity index (χ2v) is 34.3. The van der Waals surface area contributed by atoms with Gasteiger partial charge in [0.1, 0.15) is 29.4 Å². The second-order valence-electron chi connectivity index (χ2n) is 31.4. The van der Waals surface area contributed by atoms with E-state index >= 15 is 0 Å². The topological polar surface area (TPSA) is 321 Å². The van der Waals surface area contributed by atoms with E-state index in [1.807, 2.05) is 167 Å². The number of carbonyl (C=O) groups is 1. The molecule has 0 bridgehead atoms. The van der Waals surface area contributed by atoms with Crippen molar-refractivity contribution in [2.75, 3.05) is 34.7 Å². The standard InChI is InChI=1S/C19H13F4NO.C19H15FN2O2.C17H15N3O2S.C15H13N3.C15H12N2O.C13H11F3N2O3S.C12H12N2O2S/c1-13-6-7-14(17-4-2-3-5-18(17)20)12-24(13)15-8-10-16(11-9-15)25-19(21,22)23;1-13(23)21-15-5-4-6-16(11-15)22-12-14(9-10-19(22)24)17-7-2-3-8-18(17)20;1-13-4-5-15(14-3-2-10-19-11-14)12-20(13)16-6-8-17(9-7-16)23(18,21)22;1-12-7-8-13(14-9-16-17-10-14)11-18(12)15-5-3-2-4-6-15;1-12-7-8-13(15-16-9-10-18-15)11-17(12)14-5-3-2-4-6-14;1-9-2-3-10(17-22(19)20)8-18(9)11-4-6-12(7-5-11)21-13(14,15)16;1-10-7-8-11(13-17(15)16)9-14(10)12-5-3-2-4-6-12/h2-12H,1H2;2-12H,1H3,(H,21,23);2-12H,1H2,(H2,18,21,22);2-11H,1H2,(H,16,17);2-11H,1H2;2-8,17H,1H2,(H,19,20);2-9,13H,1H2,(H,15,16)/p-2. The molecule has 0 saturated carbocycles. The molecule has 0 fully saturated rings. The second kappa shape index (κ2) is 49.5. The maximum Gasteiger partial charge on any atom is 0.573 e. The van der Waals surface area contributed by atoms with Crippen molar-refractivity contribution in [1.29, 1.82) is 0 Å². The van der Waals surface area contributed by atoms with Gasteiger partial charge in [0, 0.05) is 210 Å². The Morgan fingerprint density at radius 2 is 0.837 bits per heavy atom. The highest BCUT2D eigenvalue weighted by Gasteiger charge is 2.33. The fourth-order valence-electron chi connectivity index (χ4n) is 14.2. The molecule has 147 heavy (non-hydrogen) atoms. The molecule has 2 unspecified atom stereocenters. The van der Waals surface area contributed by atoms with Gasteiger partial charge in [-0.2, -0.15) is 5.10 Å². The minimum absolute atomic E-state index is 0.0795. The average molecular weight is 2050 g/mol. The molecule has 0 radical (unpaired) electrons. The van der Waals surface area contributed by atoms with Gasteiger partial charge in [0.15, 0.2) is 0 Å². The number of hydrogen-bond acceptors (Lipinski definition) is 20. The molecular weight excluding hydrogens is 1960 g/mol. The minimum Gasteiger partial charge on any atom is -0.755 e. The maximum absolute atomic E-state index is 14.0. The monoisotopic (exact) mass is 2040 g/mol. The number of hydrogen-bond donors (Lipinski definition) is 5. The highest BCUT2D eigenvalue weighted by atomic mass is 32.2. The van der Waals surface area contributed by atoms with Gasteiger partial charge >= 0.3 is 12.7 Å². The summed E-state index contributed by atoms with van der Waals surface area (Å²) in [6, 6.07) is 73.1. The molecule has 0 spiro atoms.